The second kappa shape index (κ2) is 7.83. The lowest BCUT2D eigenvalue weighted by Gasteiger charge is -2.32. The van der Waals surface area contributed by atoms with Crippen LogP contribution in [0.2, 0.25) is 0 Å². The summed E-state index contributed by atoms with van der Waals surface area (Å²) in [6.07, 6.45) is 4.81. The molecule has 6 nitrogen and oxygen atoms in total. The van der Waals surface area contributed by atoms with Gasteiger partial charge in [0, 0.05) is 25.0 Å². The number of benzene rings is 1. The number of likely N-dealkylation sites (tertiary alicyclic amines) is 1. The number of aliphatic carboxylic acids is 1. The van der Waals surface area contributed by atoms with E-state index in [1.54, 1.807) is 0 Å². The molecule has 1 fully saturated rings. The van der Waals surface area contributed by atoms with E-state index >= 15 is 0 Å². The average Bonchev–Trinajstić information content (AvgIpc) is 3.24. The van der Waals surface area contributed by atoms with Gasteiger partial charge in [0.2, 0.25) is 0 Å². The zero-order valence-corrected chi connectivity index (χ0v) is 14.7. The van der Waals surface area contributed by atoms with E-state index in [0.717, 1.165) is 38.8 Å². The largest absolute Gasteiger partial charge is 0.480 e. The fourth-order valence-corrected chi connectivity index (χ4v) is 4.44. The number of carboxylic acids is 1. The summed E-state index contributed by atoms with van der Waals surface area (Å²) in [5.41, 5.74) is 10.1. The number of fused-ring (bicyclic) bond motifs is 1. The highest BCUT2D eigenvalue weighted by Gasteiger charge is 2.46. The molecule has 25 heavy (non-hydrogen) atoms. The zero-order valence-electron chi connectivity index (χ0n) is 14.7. The van der Waals surface area contributed by atoms with Gasteiger partial charge in [0.1, 0.15) is 5.54 Å². The van der Waals surface area contributed by atoms with Crippen molar-refractivity contribution in [1.29, 1.82) is 0 Å². The van der Waals surface area contributed by atoms with Crippen LogP contribution in [0.3, 0.4) is 0 Å². The second-order valence-corrected chi connectivity index (χ2v) is 7.52. The van der Waals surface area contributed by atoms with E-state index in [0.29, 0.717) is 25.4 Å². The highest BCUT2D eigenvalue weighted by molar-refractivity contribution is 5.79. The van der Waals surface area contributed by atoms with Crippen LogP contribution >= 0.6 is 0 Å². The van der Waals surface area contributed by atoms with Gasteiger partial charge in [-0.3, -0.25) is 9.69 Å². The van der Waals surface area contributed by atoms with Gasteiger partial charge in [-0.15, -0.1) is 0 Å². The van der Waals surface area contributed by atoms with Crippen molar-refractivity contribution in [2.45, 2.75) is 50.1 Å². The Morgan fingerprint density at radius 2 is 1.96 bits per heavy atom. The molecular formula is C19H29N3O3. The van der Waals surface area contributed by atoms with Crippen LogP contribution < -0.4 is 11.2 Å². The van der Waals surface area contributed by atoms with E-state index < -0.39 is 11.5 Å². The first-order valence-electron chi connectivity index (χ1n) is 9.24. The van der Waals surface area contributed by atoms with Crippen LogP contribution in [0.5, 0.6) is 0 Å². The minimum atomic E-state index is -1.17. The topological polar surface area (TPSA) is 98.8 Å². The normalized spacial score (nSPS) is 23.5. The maximum Gasteiger partial charge on any atom is 0.324 e. The SMILES string of the molecule is NC(CCCCNO)(C(=O)O)C1CCN(C2Cc3ccccc3C2)C1. The molecule has 1 heterocycles. The number of nitrogens with two attached hydrogens (primary N) is 1. The van der Waals surface area contributed by atoms with Gasteiger partial charge in [0.25, 0.3) is 0 Å². The summed E-state index contributed by atoms with van der Waals surface area (Å²) in [7, 11) is 0. The second-order valence-electron chi connectivity index (χ2n) is 7.52. The molecule has 0 amide bonds. The van der Waals surface area contributed by atoms with Gasteiger partial charge in [0.05, 0.1) is 0 Å². The fourth-order valence-electron chi connectivity index (χ4n) is 4.44. The molecule has 1 aliphatic heterocycles. The van der Waals surface area contributed by atoms with Crippen molar-refractivity contribution >= 4 is 5.97 Å². The Balaban J connectivity index is 1.59. The quantitative estimate of drug-likeness (QED) is 0.419. The number of carboxylic acid groups (broad SMARTS) is 1. The summed E-state index contributed by atoms with van der Waals surface area (Å²) in [6.45, 7) is 2.15. The predicted octanol–water partition coefficient (Wildman–Crippen LogP) is 1.41. The van der Waals surface area contributed by atoms with Gasteiger partial charge in [-0.05, 0) is 56.2 Å². The number of nitrogens with one attached hydrogen (secondary N) is 1. The van der Waals surface area contributed by atoms with Crippen LogP contribution in [0.4, 0.5) is 0 Å². The summed E-state index contributed by atoms with van der Waals surface area (Å²) in [4.78, 5) is 14.3. The van der Waals surface area contributed by atoms with Crippen LogP contribution in [-0.4, -0.2) is 52.4 Å². The lowest BCUT2D eigenvalue weighted by molar-refractivity contribution is -0.146. The Morgan fingerprint density at radius 3 is 2.56 bits per heavy atom. The molecule has 138 valence electrons. The lowest BCUT2D eigenvalue weighted by Crippen LogP contribution is -2.55. The monoisotopic (exact) mass is 347 g/mol. The van der Waals surface area contributed by atoms with E-state index in [4.69, 9.17) is 10.9 Å². The van der Waals surface area contributed by atoms with Gasteiger partial charge >= 0.3 is 5.97 Å². The number of carbonyl (C=O) groups is 1. The lowest BCUT2D eigenvalue weighted by atomic mass is 9.80. The first-order valence-corrected chi connectivity index (χ1v) is 9.24. The highest BCUT2D eigenvalue weighted by Crippen LogP contribution is 2.34. The molecule has 1 aromatic carbocycles. The molecule has 0 radical (unpaired) electrons. The van der Waals surface area contributed by atoms with Gasteiger partial charge in [-0.25, -0.2) is 5.48 Å². The maximum absolute atomic E-state index is 11.9. The molecule has 2 atom stereocenters. The number of hydroxylamine groups is 1. The summed E-state index contributed by atoms with van der Waals surface area (Å²) >= 11 is 0. The van der Waals surface area contributed by atoms with Gasteiger partial charge in [-0.1, -0.05) is 24.3 Å². The van der Waals surface area contributed by atoms with Crippen LogP contribution in [0, 0.1) is 5.92 Å². The molecule has 0 bridgehead atoms. The summed E-state index contributed by atoms with van der Waals surface area (Å²) in [5, 5.41) is 18.4. The van der Waals surface area contributed by atoms with Crippen LogP contribution in [0.15, 0.2) is 24.3 Å². The van der Waals surface area contributed by atoms with E-state index in [1.807, 2.05) is 0 Å². The van der Waals surface area contributed by atoms with Gasteiger partial charge in [-0.2, -0.15) is 0 Å². The summed E-state index contributed by atoms with van der Waals surface area (Å²) in [5.74, 6) is -0.915. The molecule has 2 unspecified atom stereocenters. The summed E-state index contributed by atoms with van der Waals surface area (Å²) < 4.78 is 0. The zero-order chi connectivity index (χ0) is 17.9. The molecule has 0 spiro atoms. The third-order valence-electron chi connectivity index (χ3n) is 6.02. The van der Waals surface area contributed by atoms with E-state index in [1.165, 1.54) is 11.1 Å². The molecule has 2 aliphatic rings. The Morgan fingerprint density at radius 1 is 1.28 bits per heavy atom. The van der Waals surface area contributed by atoms with Gasteiger partial charge < -0.3 is 16.0 Å². The fraction of sp³-hybridized carbons (Fsp3) is 0.632. The van der Waals surface area contributed by atoms with Crippen molar-refractivity contribution in [1.82, 2.24) is 10.4 Å². The molecule has 5 N–H and O–H groups in total. The van der Waals surface area contributed by atoms with E-state index in [9.17, 15) is 9.90 Å². The standard InChI is InChI=1S/C19H29N3O3/c20-19(18(23)24,8-3-4-9-21-25)16-7-10-22(13-16)17-11-14-5-1-2-6-15(14)12-17/h1-2,5-6,16-17,21,25H,3-4,7-13,20H2,(H,23,24). The smallest absolute Gasteiger partial charge is 0.324 e. The minimum absolute atomic E-state index is 0.0178. The summed E-state index contributed by atoms with van der Waals surface area (Å²) in [6, 6.07) is 9.04. The van der Waals surface area contributed by atoms with Gasteiger partial charge in [0.15, 0.2) is 0 Å². The van der Waals surface area contributed by atoms with E-state index in [-0.39, 0.29) is 5.92 Å². The van der Waals surface area contributed by atoms with Crippen LogP contribution in [0.25, 0.3) is 0 Å². The number of unbranched alkanes of at least 4 members (excludes halogenated alkanes) is 1. The molecular weight excluding hydrogens is 318 g/mol. The van der Waals surface area contributed by atoms with E-state index in [2.05, 4.69) is 34.6 Å². The van der Waals surface area contributed by atoms with Crippen molar-refractivity contribution in [2.75, 3.05) is 19.6 Å². The van der Waals surface area contributed by atoms with Crippen molar-refractivity contribution in [3.63, 3.8) is 0 Å². The van der Waals surface area contributed by atoms with Crippen LogP contribution in [-0.2, 0) is 17.6 Å². The third-order valence-corrected chi connectivity index (χ3v) is 6.02. The first kappa shape index (κ1) is 18.3. The Bertz CT molecular complexity index is 584. The number of nitrogens with zero attached hydrogens (tertiary/aromatic N) is 1. The predicted molar refractivity (Wildman–Crippen MR) is 95.5 cm³/mol. The molecule has 1 saturated heterocycles. The first-order chi connectivity index (χ1) is 12.0. The van der Waals surface area contributed by atoms with Crippen molar-refractivity contribution in [2.24, 2.45) is 11.7 Å². The Labute approximate surface area is 149 Å². The number of rotatable bonds is 8. The van der Waals surface area contributed by atoms with Crippen molar-refractivity contribution in [3.05, 3.63) is 35.4 Å². The molecule has 6 heteroatoms. The van der Waals surface area contributed by atoms with Crippen LogP contribution in [0.1, 0.15) is 36.8 Å². The average molecular weight is 347 g/mol. The Hall–Kier alpha value is -1.47. The molecule has 0 saturated carbocycles. The minimum Gasteiger partial charge on any atom is -0.480 e. The molecule has 1 aromatic rings. The Kier molecular flexibility index (Phi) is 5.74. The third kappa shape index (κ3) is 3.87. The molecule has 1 aliphatic carbocycles. The number of hydrogen-bond acceptors (Lipinski definition) is 5. The maximum atomic E-state index is 11.9. The number of hydrogen-bond donors (Lipinski definition) is 4. The molecule has 0 aromatic heterocycles. The molecule has 3 rings (SSSR count). The highest BCUT2D eigenvalue weighted by atomic mass is 16.5. The van der Waals surface area contributed by atoms with Crippen molar-refractivity contribution < 1.29 is 15.1 Å². The van der Waals surface area contributed by atoms with Crippen molar-refractivity contribution in [3.8, 4) is 0 Å².